The molecule has 0 bridgehead atoms. The van der Waals surface area contributed by atoms with Crippen LogP contribution in [0, 0.1) is 0 Å². The fourth-order valence-electron chi connectivity index (χ4n) is 1.74. The number of nitrogens with zero attached hydrogens (tertiary/aromatic N) is 2. The molecule has 1 saturated heterocycles. The van der Waals surface area contributed by atoms with Crippen LogP contribution in [0.3, 0.4) is 0 Å². The molecule has 2 atom stereocenters. The third-order valence-corrected chi connectivity index (χ3v) is 2.89. The quantitative estimate of drug-likeness (QED) is 0.720. The number of likely N-dealkylation sites (N-methyl/N-ethyl adjacent to an activating group) is 1. The van der Waals surface area contributed by atoms with Crippen LogP contribution in [0.15, 0.2) is 0 Å². The summed E-state index contributed by atoms with van der Waals surface area (Å²) in [7, 11) is 2.00. The van der Waals surface area contributed by atoms with Crippen molar-refractivity contribution in [2.45, 2.75) is 26.1 Å². The van der Waals surface area contributed by atoms with Crippen molar-refractivity contribution >= 4 is 5.97 Å². The summed E-state index contributed by atoms with van der Waals surface area (Å²) in [6, 6.07) is -0.429. The van der Waals surface area contributed by atoms with Crippen LogP contribution >= 0.6 is 0 Å². The number of hydrogen-bond donors (Lipinski definition) is 1. The number of carboxylic acid groups (broad SMARTS) is 1. The molecule has 0 saturated carbocycles. The van der Waals surface area contributed by atoms with Gasteiger partial charge in [-0.3, -0.25) is 14.6 Å². The SMILES string of the molecule is CCO[C@@H]1CN(C(C)C(=O)O)CCN1C. The first-order chi connectivity index (χ1) is 7.06. The van der Waals surface area contributed by atoms with Gasteiger partial charge in [-0.15, -0.1) is 0 Å². The Balaban J connectivity index is 2.53. The smallest absolute Gasteiger partial charge is 0.320 e. The molecule has 5 heteroatoms. The average Bonchev–Trinajstić information content (AvgIpc) is 2.20. The Morgan fingerprint density at radius 2 is 2.27 bits per heavy atom. The third kappa shape index (κ3) is 3.15. The number of hydrogen-bond acceptors (Lipinski definition) is 4. The first-order valence-electron chi connectivity index (χ1n) is 5.35. The zero-order valence-corrected chi connectivity index (χ0v) is 9.64. The number of rotatable bonds is 4. The van der Waals surface area contributed by atoms with E-state index in [1.165, 1.54) is 0 Å². The van der Waals surface area contributed by atoms with Gasteiger partial charge in [-0.2, -0.15) is 0 Å². The number of carboxylic acids is 1. The Hall–Kier alpha value is -0.650. The molecular weight excluding hydrogens is 196 g/mol. The summed E-state index contributed by atoms with van der Waals surface area (Å²) in [4.78, 5) is 14.9. The molecule has 88 valence electrons. The van der Waals surface area contributed by atoms with Crippen LogP contribution in [-0.4, -0.2) is 66.4 Å². The molecule has 5 nitrogen and oxygen atoms in total. The Morgan fingerprint density at radius 3 is 2.80 bits per heavy atom. The van der Waals surface area contributed by atoms with E-state index in [-0.39, 0.29) is 6.23 Å². The van der Waals surface area contributed by atoms with Gasteiger partial charge in [-0.1, -0.05) is 0 Å². The standard InChI is InChI=1S/C10H20N2O3/c1-4-15-9-7-12(6-5-11(9)3)8(2)10(13)14/h8-9H,4-7H2,1-3H3,(H,13,14)/t8?,9-/m1/s1. The topological polar surface area (TPSA) is 53.0 Å². The third-order valence-electron chi connectivity index (χ3n) is 2.89. The molecular formula is C10H20N2O3. The fourth-order valence-corrected chi connectivity index (χ4v) is 1.74. The van der Waals surface area contributed by atoms with Crippen LogP contribution in [-0.2, 0) is 9.53 Å². The van der Waals surface area contributed by atoms with Crippen molar-refractivity contribution in [3.63, 3.8) is 0 Å². The zero-order valence-electron chi connectivity index (χ0n) is 9.64. The van der Waals surface area contributed by atoms with Gasteiger partial charge in [0.1, 0.15) is 12.3 Å². The van der Waals surface area contributed by atoms with E-state index in [2.05, 4.69) is 4.90 Å². The van der Waals surface area contributed by atoms with E-state index in [1.54, 1.807) is 6.92 Å². The first kappa shape index (κ1) is 12.4. The van der Waals surface area contributed by atoms with Crippen LogP contribution in [0.5, 0.6) is 0 Å². The van der Waals surface area contributed by atoms with Crippen molar-refractivity contribution in [3.8, 4) is 0 Å². The molecule has 0 aromatic rings. The number of ether oxygens (including phenoxy) is 1. The van der Waals surface area contributed by atoms with Crippen LogP contribution < -0.4 is 0 Å². The summed E-state index contributed by atoms with van der Waals surface area (Å²) in [6.45, 7) is 6.63. The molecule has 1 rings (SSSR count). The Morgan fingerprint density at radius 1 is 1.60 bits per heavy atom. The summed E-state index contributed by atoms with van der Waals surface area (Å²) in [5.41, 5.74) is 0. The van der Waals surface area contributed by atoms with Gasteiger partial charge in [0.25, 0.3) is 0 Å². The first-order valence-corrected chi connectivity index (χ1v) is 5.35. The normalized spacial score (nSPS) is 26.5. The second-order valence-corrected chi connectivity index (χ2v) is 3.90. The molecule has 1 fully saturated rings. The molecule has 0 aromatic carbocycles. The Labute approximate surface area is 90.6 Å². The van der Waals surface area contributed by atoms with Crippen molar-refractivity contribution in [1.82, 2.24) is 9.80 Å². The predicted molar refractivity (Wildman–Crippen MR) is 56.7 cm³/mol. The van der Waals surface area contributed by atoms with E-state index in [0.29, 0.717) is 13.2 Å². The summed E-state index contributed by atoms with van der Waals surface area (Å²) in [5, 5.41) is 8.92. The van der Waals surface area contributed by atoms with Crippen molar-refractivity contribution in [3.05, 3.63) is 0 Å². The van der Waals surface area contributed by atoms with Crippen LogP contribution in [0.1, 0.15) is 13.8 Å². The minimum Gasteiger partial charge on any atom is -0.480 e. The fraction of sp³-hybridized carbons (Fsp3) is 0.900. The lowest BCUT2D eigenvalue weighted by atomic mass is 10.2. The van der Waals surface area contributed by atoms with Gasteiger partial charge >= 0.3 is 5.97 Å². The summed E-state index contributed by atoms with van der Waals surface area (Å²) < 4.78 is 5.55. The highest BCUT2D eigenvalue weighted by Gasteiger charge is 2.29. The van der Waals surface area contributed by atoms with Crippen molar-refractivity contribution < 1.29 is 14.6 Å². The minimum atomic E-state index is -0.769. The van der Waals surface area contributed by atoms with E-state index >= 15 is 0 Å². The molecule has 1 unspecified atom stereocenters. The maximum absolute atomic E-state index is 10.8. The second kappa shape index (κ2) is 5.44. The van der Waals surface area contributed by atoms with E-state index in [4.69, 9.17) is 9.84 Å². The zero-order chi connectivity index (χ0) is 11.4. The summed E-state index contributed by atoms with van der Waals surface area (Å²) in [5.74, 6) is -0.769. The molecule has 0 aliphatic carbocycles. The van der Waals surface area contributed by atoms with Crippen molar-refractivity contribution in [1.29, 1.82) is 0 Å². The van der Waals surface area contributed by atoms with E-state index < -0.39 is 12.0 Å². The van der Waals surface area contributed by atoms with Gasteiger partial charge in [0.2, 0.25) is 0 Å². The van der Waals surface area contributed by atoms with E-state index in [0.717, 1.165) is 13.1 Å². The summed E-state index contributed by atoms with van der Waals surface area (Å²) >= 11 is 0. The van der Waals surface area contributed by atoms with Gasteiger partial charge in [0.05, 0.1) is 0 Å². The molecule has 1 aliphatic heterocycles. The molecule has 0 spiro atoms. The second-order valence-electron chi connectivity index (χ2n) is 3.90. The van der Waals surface area contributed by atoms with Crippen molar-refractivity contribution in [2.24, 2.45) is 0 Å². The van der Waals surface area contributed by atoms with E-state index in [1.807, 2.05) is 18.9 Å². The largest absolute Gasteiger partial charge is 0.480 e. The molecule has 15 heavy (non-hydrogen) atoms. The highest BCUT2D eigenvalue weighted by molar-refractivity contribution is 5.72. The predicted octanol–water partition coefficient (Wildman–Crippen LogP) is 0.0695. The average molecular weight is 216 g/mol. The Kier molecular flexibility index (Phi) is 4.50. The van der Waals surface area contributed by atoms with Gasteiger partial charge in [0.15, 0.2) is 0 Å². The molecule has 0 amide bonds. The maximum atomic E-state index is 10.8. The Bertz CT molecular complexity index is 223. The lowest BCUT2D eigenvalue weighted by Gasteiger charge is -2.40. The molecule has 1 heterocycles. The highest BCUT2D eigenvalue weighted by Crippen LogP contribution is 2.11. The monoisotopic (exact) mass is 216 g/mol. The lowest BCUT2D eigenvalue weighted by Crippen LogP contribution is -2.56. The molecule has 0 radical (unpaired) electrons. The minimum absolute atomic E-state index is 0.0190. The molecule has 1 N–H and O–H groups in total. The highest BCUT2D eigenvalue weighted by atomic mass is 16.5. The van der Waals surface area contributed by atoms with Gasteiger partial charge in [0, 0.05) is 26.2 Å². The number of aliphatic carboxylic acids is 1. The lowest BCUT2D eigenvalue weighted by molar-refractivity contribution is -0.147. The van der Waals surface area contributed by atoms with Crippen LogP contribution in [0.25, 0.3) is 0 Å². The number of piperazine rings is 1. The van der Waals surface area contributed by atoms with Gasteiger partial charge in [-0.25, -0.2) is 0 Å². The van der Waals surface area contributed by atoms with Gasteiger partial charge in [-0.05, 0) is 20.9 Å². The molecule has 0 aromatic heterocycles. The number of carbonyl (C=O) groups is 1. The van der Waals surface area contributed by atoms with Crippen molar-refractivity contribution in [2.75, 3.05) is 33.3 Å². The molecule has 1 aliphatic rings. The summed E-state index contributed by atoms with van der Waals surface area (Å²) in [6.07, 6.45) is 0.0190. The van der Waals surface area contributed by atoms with E-state index in [9.17, 15) is 4.79 Å². The van der Waals surface area contributed by atoms with Gasteiger partial charge < -0.3 is 9.84 Å². The van der Waals surface area contributed by atoms with Crippen LogP contribution in [0.4, 0.5) is 0 Å². The maximum Gasteiger partial charge on any atom is 0.320 e. The van der Waals surface area contributed by atoms with Crippen LogP contribution in [0.2, 0.25) is 0 Å².